The number of amides is 1. The number of fused-ring (bicyclic) bond motifs is 1. The van der Waals surface area contributed by atoms with Gasteiger partial charge in [-0.25, -0.2) is 4.68 Å². The molecule has 2 aromatic heterocycles. The minimum atomic E-state index is -1.02. The number of aliphatic carboxylic acids is 1. The van der Waals surface area contributed by atoms with E-state index in [1.54, 1.807) is 13.2 Å². The molecule has 0 aliphatic rings. The molecule has 1 amide bonds. The lowest BCUT2D eigenvalue weighted by Gasteiger charge is -2.03. The molecule has 3 rings (SSSR count). The monoisotopic (exact) mass is 344 g/mol. The molecule has 130 valence electrons. The van der Waals surface area contributed by atoms with Crippen molar-refractivity contribution in [2.45, 2.75) is 19.7 Å². The molecule has 9 nitrogen and oxygen atoms in total. The first-order valence-electron chi connectivity index (χ1n) is 7.47. The summed E-state index contributed by atoms with van der Waals surface area (Å²) < 4.78 is 12.0. The van der Waals surface area contributed by atoms with Gasteiger partial charge in [0.05, 0.1) is 19.3 Å². The molecule has 0 unspecified atom stereocenters. The van der Waals surface area contributed by atoms with Crippen molar-refractivity contribution in [1.82, 2.24) is 20.3 Å². The van der Waals surface area contributed by atoms with Gasteiger partial charge in [-0.05, 0) is 6.07 Å². The van der Waals surface area contributed by atoms with Gasteiger partial charge in [-0.15, -0.1) is 5.10 Å². The van der Waals surface area contributed by atoms with Crippen molar-refractivity contribution in [3.05, 3.63) is 47.5 Å². The molecule has 2 heterocycles. The maximum absolute atomic E-state index is 12.5. The summed E-state index contributed by atoms with van der Waals surface area (Å²) in [5.41, 5.74) is 1.72. The summed E-state index contributed by atoms with van der Waals surface area (Å²) in [5, 5.41) is 19.7. The largest absolute Gasteiger partial charge is 0.480 e. The lowest BCUT2D eigenvalue weighted by Crippen LogP contribution is -2.23. The summed E-state index contributed by atoms with van der Waals surface area (Å²) in [7, 11) is 1.55. The molecule has 0 fully saturated rings. The first-order chi connectivity index (χ1) is 12.1. The van der Waals surface area contributed by atoms with Gasteiger partial charge in [0.15, 0.2) is 5.76 Å². The molecule has 0 atom stereocenters. The second kappa shape index (κ2) is 7.14. The fourth-order valence-corrected chi connectivity index (χ4v) is 2.46. The van der Waals surface area contributed by atoms with Crippen molar-refractivity contribution >= 4 is 22.8 Å². The molecule has 0 bridgehead atoms. The number of aromatic nitrogens is 3. The Balaban J connectivity index is 1.75. The van der Waals surface area contributed by atoms with E-state index in [4.69, 9.17) is 14.3 Å². The Labute approximate surface area is 142 Å². The van der Waals surface area contributed by atoms with Crippen LogP contribution in [-0.2, 0) is 29.2 Å². The molecule has 25 heavy (non-hydrogen) atoms. The van der Waals surface area contributed by atoms with Gasteiger partial charge in [-0.3, -0.25) is 9.59 Å². The van der Waals surface area contributed by atoms with E-state index in [9.17, 15) is 9.59 Å². The fourth-order valence-electron chi connectivity index (χ4n) is 2.46. The number of hydrogen-bond donors (Lipinski definition) is 2. The number of benzene rings is 1. The summed E-state index contributed by atoms with van der Waals surface area (Å²) in [5.74, 6) is -1.25. The molecule has 2 N–H and O–H groups in total. The van der Waals surface area contributed by atoms with Crippen molar-refractivity contribution in [1.29, 1.82) is 0 Å². The maximum Gasteiger partial charge on any atom is 0.325 e. The highest BCUT2D eigenvalue weighted by atomic mass is 16.5. The first kappa shape index (κ1) is 16.7. The zero-order chi connectivity index (χ0) is 17.8. The number of hydrogen-bond acceptors (Lipinski definition) is 6. The molecule has 3 aromatic rings. The number of nitrogens with zero attached hydrogens (tertiary/aromatic N) is 3. The Morgan fingerprint density at radius 3 is 2.92 bits per heavy atom. The Hall–Kier alpha value is -3.20. The van der Waals surface area contributed by atoms with E-state index >= 15 is 0 Å². The predicted molar refractivity (Wildman–Crippen MR) is 85.8 cm³/mol. The topological polar surface area (TPSA) is 119 Å². The van der Waals surface area contributed by atoms with Crippen LogP contribution in [0.2, 0.25) is 0 Å². The SMILES string of the molecule is COCc1c(C(=O)NCc2cn(CC(=O)O)nn2)oc2ccccc12. The first-order valence-corrected chi connectivity index (χ1v) is 7.47. The summed E-state index contributed by atoms with van der Waals surface area (Å²) in [6.45, 7) is 0.0546. The van der Waals surface area contributed by atoms with Gasteiger partial charge < -0.3 is 19.6 Å². The zero-order valence-electron chi connectivity index (χ0n) is 13.4. The van der Waals surface area contributed by atoms with Gasteiger partial charge in [0.1, 0.15) is 17.8 Å². The van der Waals surface area contributed by atoms with E-state index in [2.05, 4.69) is 15.6 Å². The van der Waals surface area contributed by atoms with Crippen molar-refractivity contribution in [3.63, 3.8) is 0 Å². The Morgan fingerprint density at radius 1 is 1.36 bits per heavy atom. The minimum Gasteiger partial charge on any atom is -0.480 e. The number of carboxylic acids is 1. The van der Waals surface area contributed by atoms with Gasteiger partial charge in [0.25, 0.3) is 5.91 Å². The Bertz CT molecular complexity index is 914. The van der Waals surface area contributed by atoms with Crippen LogP contribution in [0.1, 0.15) is 21.8 Å². The molecule has 0 saturated heterocycles. The van der Waals surface area contributed by atoms with E-state index in [0.717, 1.165) is 5.39 Å². The lowest BCUT2D eigenvalue weighted by atomic mass is 10.1. The number of nitrogens with one attached hydrogen (secondary N) is 1. The van der Waals surface area contributed by atoms with Gasteiger partial charge in [0.2, 0.25) is 0 Å². The Morgan fingerprint density at radius 2 is 2.16 bits per heavy atom. The van der Waals surface area contributed by atoms with Crippen LogP contribution in [0.5, 0.6) is 0 Å². The van der Waals surface area contributed by atoms with E-state index in [1.165, 1.54) is 10.9 Å². The average Bonchev–Trinajstić information content (AvgIpc) is 3.17. The van der Waals surface area contributed by atoms with Crippen molar-refractivity contribution in [3.8, 4) is 0 Å². The molecular formula is C16H16N4O5. The van der Waals surface area contributed by atoms with Crippen LogP contribution in [0.3, 0.4) is 0 Å². The molecule has 0 aliphatic carbocycles. The summed E-state index contributed by atoms with van der Waals surface area (Å²) in [6.07, 6.45) is 1.46. The number of carbonyl (C=O) groups is 2. The number of furan rings is 1. The third kappa shape index (κ3) is 3.66. The van der Waals surface area contributed by atoms with Gasteiger partial charge in [-0.1, -0.05) is 23.4 Å². The maximum atomic E-state index is 12.5. The molecule has 0 saturated carbocycles. The fraction of sp³-hybridized carbons (Fsp3) is 0.250. The summed E-state index contributed by atoms with van der Waals surface area (Å²) in [6, 6.07) is 7.33. The molecule has 0 radical (unpaired) electrons. The van der Waals surface area contributed by atoms with Crippen molar-refractivity contribution < 1.29 is 23.8 Å². The highest BCUT2D eigenvalue weighted by Crippen LogP contribution is 2.26. The number of rotatable bonds is 7. The zero-order valence-corrected chi connectivity index (χ0v) is 13.4. The highest BCUT2D eigenvalue weighted by Gasteiger charge is 2.20. The molecule has 0 spiro atoms. The quantitative estimate of drug-likeness (QED) is 0.660. The van der Waals surface area contributed by atoms with Crippen LogP contribution >= 0.6 is 0 Å². The average molecular weight is 344 g/mol. The number of carbonyl (C=O) groups excluding carboxylic acids is 1. The van der Waals surface area contributed by atoms with E-state index < -0.39 is 11.9 Å². The van der Waals surface area contributed by atoms with Gasteiger partial charge in [-0.2, -0.15) is 0 Å². The number of methoxy groups -OCH3 is 1. The normalized spacial score (nSPS) is 10.9. The van der Waals surface area contributed by atoms with Crippen LogP contribution in [0, 0.1) is 0 Å². The van der Waals surface area contributed by atoms with Crippen LogP contribution in [0.4, 0.5) is 0 Å². The molecule has 1 aromatic carbocycles. The van der Waals surface area contributed by atoms with Crippen LogP contribution in [0.15, 0.2) is 34.9 Å². The van der Waals surface area contributed by atoms with Crippen LogP contribution in [0.25, 0.3) is 11.0 Å². The van der Waals surface area contributed by atoms with Crippen LogP contribution in [-0.4, -0.2) is 39.1 Å². The molecular weight excluding hydrogens is 328 g/mol. The highest BCUT2D eigenvalue weighted by molar-refractivity contribution is 5.99. The Kier molecular flexibility index (Phi) is 4.75. The van der Waals surface area contributed by atoms with Gasteiger partial charge >= 0.3 is 5.97 Å². The number of ether oxygens (including phenoxy) is 1. The van der Waals surface area contributed by atoms with Crippen molar-refractivity contribution in [2.24, 2.45) is 0 Å². The third-order valence-electron chi connectivity index (χ3n) is 3.51. The second-order valence-corrected chi connectivity index (χ2v) is 5.32. The summed E-state index contributed by atoms with van der Waals surface area (Å²) in [4.78, 5) is 23.1. The number of carboxylic acid groups (broad SMARTS) is 1. The smallest absolute Gasteiger partial charge is 0.325 e. The van der Waals surface area contributed by atoms with Crippen LogP contribution < -0.4 is 5.32 Å². The molecule has 0 aliphatic heterocycles. The van der Waals surface area contributed by atoms with E-state index in [-0.39, 0.29) is 25.5 Å². The minimum absolute atomic E-state index is 0.0991. The standard InChI is InChI=1S/C16H16N4O5/c1-24-9-12-11-4-2-3-5-13(11)25-15(12)16(23)17-6-10-7-20(19-18-10)8-14(21)22/h2-5,7H,6,8-9H2,1H3,(H,17,23)(H,21,22). The van der Waals surface area contributed by atoms with Crippen molar-refractivity contribution in [2.75, 3.05) is 7.11 Å². The van der Waals surface area contributed by atoms with E-state index in [0.29, 0.717) is 16.8 Å². The molecule has 9 heteroatoms. The third-order valence-corrected chi connectivity index (χ3v) is 3.51. The summed E-state index contributed by atoms with van der Waals surface area (Å²) >= 11 is 0. The second-order valence-electron chi connectivity index (χ2n) is 5.32. The lowest BCUT2D eigenvalue weighted by molar-refractivity contribution is -0.137. The van der Waals surface area contributed by atoms with E-state index in [1.807, 2.05) is 18.2 Å². The predicted octanol–water partition coefficient (Wildman–Crippen LogP) is 1.19. The van der Waals surface area contributed by atoms with Gasteiger partial charge in [0, 0.05) is 18.1 Å². The number of para-hydroxylation sites is 1.